The number of aliphatic hydroxyl groups is 1. The van der Waals surface area contributed by atoms with Crippen molar-refractivity contribution in [3.63, 3.8) is 0 Å². The predicted molar refractivity (Wildman–Crippen MR) is 148 cm³/mol. The molecule has 1 saturated heterocycles. The van der Waals surface area contributed by atoms with Gasteiger partial charge < -0.3 is 24.0 Å². The molecule has 1 N–H and O–H groups in total. The van der Waals surface area contributed by atoms with Crippen molar-refractivity contribution in [1.29, 1.82) is 0 Å². The van der Waals surface area contributed by atoms with Crippen molar-refractivity contribution in [1.82, 2.24) is 9.47 Å². The van der Waals surface area contributed by atoms with Crippen LogP contribution in [-0.4, -0.2) is 65.4 Å². The Hall–Kier alpha value is -2.83. The minimum absolute atomic E-state index is 0.0360. The fraction of sp³-hybridized carbons (Fsp3) is 0.429. The summed E-state index contributed by atoms with van der Waals surface area (Å²) in [5.74, 6) is 0.848. The van der Waals surface area contributed by atoms with Crippen LogP contribution >= 0.6 is 22.6 Å². The fourth-order valence-electron chi connectivity index (χ4n) is 6.15. The SMILES string of the molecule is CC[C@@]1(O)C(=O)OCc2c1ccn(CC1=C(I)C(=C=O)c3cc(F)cc4c3N1C(CN1CCOCC1)C4)c2=O. The fourth-order valence-corrected chi connectivity index (χ4v) is 6.98. The number of aromatic nitrogens is 1. The zero-order valence-electron chi connectivity index (χ0n) is 21.3. The molecular weight excluding hydrogens is 620 g/mol. The van der Waals surface area contributed by atoms with Gasteiger partial charge in [-0.25, -0.2) is 14.0 Å². The van der Waals surface area contributed by atoms with Gasteiger partial charge in [0.05, 0.1) is 51.9 Å². The molecule has 4 aliphatic heterocycles. The van der Waals surface area contributed by atoms with E-state index in [0.717, 1.165) is 30.0 Å². The maximum Gasteiger partial charge on any atom is 0.343 e. The molecule has 6 rings (SSSR count). The van der Waals surface area contributed by atoms with Crippen LogP contribution in [0, 0.1) is 5.82 Å². The van der Waals surface area contributed by atoms with Gasteiger partial charge in [0.15, 0.2) is 5.60 Å². The number of fused-ring (bicyclic) bond motifs is 1. The average Bonchev–Trinajstić information content (AvgIpc) is 3.28. The summed E-state index contributed by atoms with van der Waals surface area (Å²) in [5.41, 5.74) is 1.36. The summed E-state index contributed by atoms with van der Waals surface area (Å²) >= 11 is 2.09. The van der Waals surface area contributed by atoms with E-state index in [1.165, 1.54) is 16.7 Å². The summed E-state index contributed by atoms with van der Waals surface area (Å²) in [6.07, 6.45) is 2.23. The second-order valence-electron chi connectivity index (χ2n) is 10.3. The smallest absolute Gasteiger partial charge is 0.343 e. The largest absolute Gasteiger partial charge is 0.458 e. The number of rotatable bonds is 5. The molecule has 0 spiro atoms. The third kappa shape index (κ3) is 4.18. The highest BCUT2D eigenvalue weighted by atomic mass is 127. The Morgan fingerprint density at radius 3 is 2.74 bits per heavy atom. The van der Waals surface area contributed by atoms with Crippen LogP contribution in [-0.2, 0) is 44.2 Å². The van der Waals surface area contributed by atoms with Crippen LogP contribution < -0.4 is 10.5 Å². The predicted octanol–water partition coefficient (Wildman–Crippen LogP) is 2.28. The Labute approximate surface area is 237 Å². The number of ether oxygens (including phenoxy) is 2. The first-order chi connectivity index (χ1) is 18.8. The summed E-state index contributed by atoms with van der Waals surface area (Å²) < 4.78 is 27.4. The van der Waals surface area contributed by atoms with Crippen molar-refractivity contribution in [3.8, 4) is 0 Å². The molecule has 0 saturated carbocycles. The minimum Gasteiger partial charge on any atom is -0.458 e. The molecule has 0 amide bonds. The van der Waals surface area contributed by atoms with Crippen LogP contribution in [0.5, 0.6) is 0 Å². The number of cyclic esters (lactones) is 1. The van der Waals surface area contributed by atoms with E-state index in [-0.39, 0.29) is 47.9 Å². The molecule has 5 heterocycles. The van der Waals surface area contributed by atoms with E-state index in [9.17, 15) is 23.9 Å². The van der Waals surface area contributed by atoms with Gasteiger partial charge in [-0.1, -0.05) is 6.92 Å². The Morgan fingerprint density at radius 1 is 1.26 bits per heavy atom. The summed E-state index contributed by atoms with van der Waals surface area (Å²) in [6.45, 7) is 5.16. The maximum absolute atomic E-state index is 14.7. The van der Waals surface area contributed by atoms with Gasteiger partial charge in [-0.3, -0.25) is 9.69 Å². The van der Waals surface area contributed by atoms with E-state index in [2.05, 4.69) is 32.4 Å². The second kappa shape index (κ2) is 9.97. The van der Waals surface area contributed by atoms with Crippen LogP contribution in [0.1, 0.15) is 35.6 Å². The van der Waals surface area contributed by atoms with Crippen molar-refractivity contribution < 1.29 is 28.6 Å². The minimum atomic E-state index is -1.87. The van der Waals surface area contributed by atoms with E-state index in [0.29, 0.717) is 35.3 Å². The maximum atomic E-state index is 14.7. The number of carbonyl (C=O) groups excluding carboxylic acids is 2. The van der Waals surface area contributed by atoms with Gasteiger partial charge >= 0.3 is 5.97 Å². The number of nitrogens with zero attached hydrogens (tertiary/aromatic N) is 3. The van der Waals surface area contributed by atoms with Crippen molar-refractivity contribution >= 4 is 45.8 Å². The number of pyridine rings is 1. The lowest BCUT2D eigenvalue weighted by atomic mass is 9.87. The first-order valence-electron chi connectivity index (χ1n) is 13.0. The molecule has 2 atom stereocenters. The first kappa shape index (κ1) is 26.4. The summed E-state index contributed by atoms with van der Waals surface area (Å²) in [6, 6.07) is 4.46. The highest BCUT2D eigenvalue weighted by molar-refractivity contribution is 14.1. The Morgan fingerprint density at radius 2 is 2.03 bits per heavy atom. The van der Waals surface area contributed by atoms with Crippen molar-refractivity contribution in [3.05, 3.63) is 72.1 Å². The lowest BCUT2D eigenvalue weighted by Gasteiger charge is -2.39. The molecule has 9 nitrogen and oxygen atoms in total. The van der Waals surface area contributed by atoms with Gasteiger partial charge in [-0.15, -0.1) is 0 Å². The molecule has 0 bridgehead atoms. The third-order valence-corrected chi connectivity index (χ3v) is 9.31. The van der Waals surface area contributed by atoms with Gasteiger partial charge in [0.2, 0.25) is 0 Å². The summed E-state index contributed by atoms with van der Waals surface area (Å²) in [7, 11) is 0. The molecule has 2 aromatic rings. The molecule has 1 aromatic heterocycles. The topological polar surface area (TPSA) is 101 Å². The quantitative estimate of drug-likeness (QED) is 0.300. The van der Waals surface area contributed by atoms with Crippen LogP contribution in [0.2, 0.25) is 0 Å². The Kier molecular flexibility index (Phi) is 6.75. The van der Waals surface area contributed by atoms with E-state index in [1.54, 1.807) is 19.2 Å². The van der Waals surface area contributed by atoms with Gasteiger partial charge in [-0.05, 0) is 59.2 Å². The number of allylic oxidation sites excluding steroid dienone is 3. The first-order valence-corrected chi connectivity index (χ1v) is 14.0. The van der Waals surface area contributed by atoms with Crippen molar-refractivity contribution in [2.75, 3.05) is 37.7 Å². The van der Waals surface area contributed by atoms with Crippen LogP contribution in [0.15, 0.2) is 38.5 Å². The monoisotopic (exact) mass is 647 g/mol. The Balaban J connectivity index is 1.44. The number of benzene rings is 1. The number of esters is 1. The van der Waals surface area contributed by atoms with Crippen LogP contribution in [0.4, 0.5) is 10.1 Å². The average molecular weight is 647 g/mol. The normalized spacial score (nSPS) is 24.4. The number of hydrogen-bond donors (Lipinski definition) is 1. The van der Waals surface area contributed by atoms with Crippen LogP contribution in [0.25, 0.3) is 5.57 Å². The molecule has 39 heavy (non-hydrogen) atoms. The molecule has 11 heteroatoms. The standard InChI is InChI=1S/C28H27FIN3O6/c1-2-28(37)22-3-4-32(26(35)21(22)15-39-27(28)36)13-23-24(30)20(14-34)19-11-17(29)9-16-10-18(33(23)25(16)19)12-31-5-7-38-8-6-31/h3-4,9,11,18,37H,2,5-8,10,12-13,15H2,1H3/t18?,28-/m0/s1. The van der Waals surface area contributed by atoms with Gasteiger partial charge in [0, 0.05) is 37.0 Å². The highest BCUT2D eigenvalue weighted by Crippen LogP contribution is 2.49. The molecule has 1 fully saturated rings. The van der Waals surface area contributed by atoms with Crippen molar-refractivity contribution in [2.45, 2.75) is 44.6 Å². The highest BCUT2D eigenvalue weighted by Gasteiger charge is 2.45. The van der Waals surface area contributed by atoms with E-state index in [1.807, 2.05) is 5.94 Å². The van der Waals surface area contributed by atoms with Gasteiger partial charge in [-0.2, -0.15) is 0 Å². The molecule has 4 aliphatic rings. The van der Waals surface area contributed by atoms with E-state index in [4.69, 9.17) is 9.47 Å². The molecule has 1 unspecified atom stereocenters. The Bertz CT molecular complexity index is 1520. The number of anilines is 1. The second-order valence-corrected chi connectivity index (χ2v) is 11.3. The molecule has 1 aromatic carbocycles. The molecule has 0 radical (unpaired) electrons. The molecule has 204 valence electrons. The summed E-state index contributed by atoms with van der Waals surface area (Å²) in [5, 5.41) is 10.9. The lowest BCUT2D eigenvalue weighted by molar-refractivity contribution is -0.172. The molecular formula is C28H27FIN3O6. The lowest BCUT2D eigenvalue weighted by Crippen LogP contribution is -2.48. The number of halogens is 2. The van der Waals surface area contributed by atoms with E-state index >= 15 is 0 Å². The van der Waals surface area contributed by atoms with Gasteiger partial charge in [0.1, 0.15) is 18.4 Å². The third-order valence-electron chi connectivity index (χ3n) is 8.15. The number of carbonyl (C=O) groups is 1. The van der Waals surface area contributed by atoms with E-state index < -0.39 is 17.4 Å². The van der Waals surface area contributed by atoms with Crippen molar-refractivity contribution in [2.24, 2.45) is 0 Å². The number of hydrogen-bond acceptors (Lipinski definition) is 8. The summed E-state index contributed by atoms with van der Waals surface area (Å²) in [4.78, 5) is 42.5. The zero-order valence-corrected chi connectivity index (χ0v) is 23.5. The number of morpholine rings is 1. The molecule has 0 aliphatic carbocycles. The van der Waals surface area contributed by atoms with Gasteiger partial charge in [0.25, 0.3) is 5.56 Å². The zero-order chi connectivity index (χ0) is 27.5. The van der Waals surface area contributed by atoms with Crippen LogP contribution in [0.3, 0.4) is 0 Å².